The molecule has 0 unspecified atom stereocenters. The summed E-state index contributed by atoms with van der Waals surface area (Å²) in [6.45, 7) is 0. The molecule has 0 radical (unpaired) electrons. The van der Waals surface area contributed by atoms with Crippen molar-refractivity contribution >= 4 is 39.9 Å². The van der Waals surface area contributed by atoms with Crippen molar-refractivity contribution in [3.8, 4) is 11.8 Å². The summed E-state index contributed by atoms with van der Waals surface area (Å²) in [5.41, 5.74) is 0.827. The van der Waals surface area contributed by atoms with Gasteiger partial charge in [-0.1, -0.05) is 23.2 Å². The van der Waals surface area contributed by atoms with Crippen LogP contribution in [0.3, 0.4) is 0 Å². The van der Waals surface area contributed by atoms with Crippen molar-refractivity contribution in [1.29, 1.82) is 5.26 Å². The maximum absolute atomic E-state index is 12.8. The van der Waals surface area contributed by atoms with Gasteiger partial charge in [0.1, 0.15) is 0 Å². The van der Waals surface area contributed by atoms with E-state index in [4.69, 9.17) is 28.5 Å². The van der Waals surface area contributed by atoms with Crippen molar-refractivity contribution in [2.75, 3.05) is 0 Å². The highest BCUT2D eigenvalue weighted by Crippen LogP contribution is 2.30. The van der Waals surface area contributed by atoms with Crippen LogP contribution in [0.25, 0.3) is 16.6 Å². The Labute approximate surface area is 139 Å². The molecule has 0 saturated heterocycles. The Morgan fingerprint density at radius 3 is 2.65 bits per heavy atom. The highest BCUT2D eigenvalue weighted by molar-refractivity contribution is 6.38. The van der Waals surface area contributed by atoms with Crippen LogP contribution in [0.15, 0.2) is 35.1 Å². The minimum absolute atomic E-state index is 0.00840. The summed E-state index contributed by atoms with van der Waals surface area (Å²) < 4.78 is 1.22. The predicted molar refractivity (Wildman–Crippen MR) is 85.5 cm³/mol. The van der Waals surface area contributed by atoms with E-state index in [1.807, 2.05) is 6.07 Å². The number of carbonyl (C=O) groups is 1. The average Bonchev–Trinajstić information content (AvgIpc) is 2.79. The lowest BCUT2D eigenvalue weighted by Crippen LogP contribution is -2.21. The molecular formula is C16H5Cl2N3O2. The molecule has 110 valence electrons. The van der Waals surface area contributed by atoms with E-state index in [1.165, 1.54) is 22.8 Å². The molecule has 4 rings (SSSR count). The second-order valence-corrected chi connectivity index (χ2v) is 5.87. The topological polar surface area (TPSA) is 75.8 Å². The third kappa shape index (κ3) is 1.83. The molecule has 0 aliphatic carbocycles. The standard InChI is InChI=1S/C16H5Cl2N3O2/c17-8-4-10(18)13-11(5-8)20-15-14(22)9-3-7(6-19)1-2-12(9)21(15)16(13)23/h1-5H. The van der Waals surface area contributed by atoms with Crippen molar-refractivity contribution < 1.29 is 4.79 Å². The van der Waals surface area contributed by atoms with Gasteiger partial charge in [0.25, 0.3) is 5.56 Å². The van der Waals surface area contributed by atoms with Crippen LogP contribution in [-0.2, 0) is 0 Å². The summed E-state index contributed by atoms with van der Waals surface area (Å²) in [6.07, 6.45) is 0. The van der Waals surface area contributed by atoms with Crippen LogP contribution in [0.4, 0.5) is 0 Å². The van der Waals surface area contributed by atoms with Gasteiger partial charge < -0.3 is 0 Å². The lowest BCUT2D eigenvalue weighted by atomic mass is 10.1. The maximum Gasteiger partial charge on any atom is 0.267 e. The van der Waals surface area contributed by atoms with E-state index in [1.54, 1.807) is 12.1 Å². The van der Waals surface area contributed by atoms with E-state index in [0.29, 0.717) is 16.3 Å². The highest BCUT2D eigenvalue weighted by Gasteiger charge is 2.31. The van der Waals surface area contributed by atoms with E-state index in [-0.39, 0.29) is 27.3 Å². The van der Waals surface area contributed by atoms with E-state index in [0.717, 1.165) is 0 Å². The second-order valence-electron chi connectivity index (χ2n) is 5.03. The second kappa shape index (κ2) is 4.66. The number of halogens is 2. The monoisotopic (exact) mass is 341 g/mol. The van der Waals surface area contributed by atoms with Gasteiger partial charge in [0.2, 0.25) is 5.78 Å². The largest absolute Gasteiger partial charge is 0.285 e. The molecule has 2 heterocycles. The van der Waals surface area contributed by atoms with E-state index in [9.17, 15) is 9.59 Å². The molecule has 0 N–H and O–H groups in total. The SMILES string of the molecule is N#Cc1ccc2c(c1)C(=O)c1nc3cc(Cl)cc(Cl)c3c(=O)n1-2. The summed E-state index contributed by atoms with van der Waals surface area (Å²) in [5, 5.41) is 9.67. The van der Waals surface area contributed by atoms with Gasteiger partial charge in [-0.3, -0.25) is 14.2 Å². The van der Waals surface area contributed by atoms with Gasteiger partial charge in [0.05, 0.1) is 38.8 Å². The Morgan fingerprint density at radius 1 is 1.13 bits per heavy atom. The number of benzene rings is 2. The van der Waals surface area contributed by atoms with Crippen LogP contribution in [0, 0.1) is 11.3 Å². The maximum atomic E-state index is 12.8. The van der Waals surface area contributed by atoms with Crippen molar-refractivity contribution in [2.24, 2.45) is 0 Å². The first-order valence-corrected chi connectivity index (χ1v) is 7.28. The van der Waals surface area contributed by atoms with Gasteiger partial charge in [-0.25, -0.2) is 4.98 Å². The first-order chi connectivity index (χ1) is 11.0. The summed E-state index contributed by atoms with van der Waals surface area (Å²) in [7, 11) is 0. The van der Waals surface area contributed by atoms with Crippen LogP contribution in [0.5, 0.6) is 0 Å². The van der Waals surface area contributed by atoms with Gasteiger partial charge in [-0.05, 0) is 30.3 Å². The number of rotatable bonds is 0. The molecule has 0 bridgehead atoms. The molecule has 23 heavy (non-hydrogen) atoms. The fourth-order valence-electron chi connectivity index (χ4n) is 2.71. The zero-order chi connectivity index (χ0) is 16.3. The lowest BCUT2D eigenvalue weighted by Gasteiger charge is -2.07. The number of nitriles is 1. The molecule has 2 aromatic carbocycles. The summed E-state index contributed by atoms with van der Waals surface area (Å²) in [4.78, 5) is 29.6. The van der Waals surface area contributed by atoms with E-state index >= 15 is 0 Å². The molecule has 0 amide bonds. The minimum Gasteiger partial charge on any atom is -0.285 e. The predicted octanol–water partition coefficient (Wildman–Crippen LogP) is 3.11. The van der Waals surface area contributed by atoms with Gasteiger partial charge in [0.15, 0.2) is 5.82 Å². The van der Waals surface area contributed by atoms with Crippen molar-refractivity contribution in [2.45, 2.75) is 0 Å². The van der Waals surface area contributed by atoms with Crippen molar-refractivity contribution in [1.82, 2.24) is 9.55 Å². The minimum atomic E-state index is -0.441. The van der Waals surface area contributed by atoms with Crippen molar-refractivity contribution in [3.05, 3.63) is 67.7 Å². The zero-order valence-electron chi connectivity index (χ0n) is 11.3. The first kappa shape index (κ1) is 13.9. The molecule has 0 spiro atoms. The first-order valence-electron chi connectivity index (χ1n) is 6.52. The normalized spacial score (nSPS) is 12.1. The fraction of sp³-hybridized carbons (Fsp3) is 0. The van der Waals surface area contributed by atoms with Crippen LogP contribution in [-0.4, -0.2) is 15.3 Å². The van der Waals surface area contributed by atoms with Gasteiger partial charge in [-0.2, -0.15) is 5.26 Å². The molecule has 3 aromatic rings. The third-order valence-corrected chi connectivity index (χ3v) is 4.22. The Morgan fingerprint density at radius 2 is 1.91 bits per heavy atom. The van der Waals surface area contributed by atoms with Crippen LogP contribution in [0.1, 0.15) is 21.7 Å². The van der Waals surface area contributed by atoms with Crippen LogP contribution in [0.2, 0.25) is 10.0 Å². The number of aromatic nitrogens is 2. The number of carbonyl (C=O) groups excluding carboxylic acids is 1. The molecule has 1 aliphatic rings. The van der Waals surface area contributed by atoms with Gasteiger partial charge >= 0.3 is 0 Å². The smallest absolute Gasteiger partial charge is 0.267 e. The fourth-order valence-corrected chi connectivity index (χ4v) is 3.27. The molecule has 0 atom stereocenters. The van der Waals surface area contributed by atoms with Gasteiger partial charge in [-0.15, -0.1) is 0 Å². The van der Waals surface area contributed by atoms with Crippen LogP contribution < -0.4 is 5.56 Å². The van der Waals surface area contributed by atoms with Gasteiger partial charge in [0, 0.05) is 5.02 Å². The highest BCUT2D eigenvalue weighted by atomic mass is 35.5. The third-order valence-electron chi connectivity index (χ3n) is 3.70. The van der Waals surface area contributed by atoms with Crippen LogP contribution >= 0.6 is 23.2 Å². The lowest BCUT2D eigenvalue weighted by molar-refractivity contribution is 0.103. The quantitative estimate of drug-likeness (QED) is 0.492. The molecule has 7 heteroatoms. The zero-order valence-corrected chi connectivity index (χ0v) is 12.8. The number of hydrogen-bond donors (Lipinski definition) is 0. The molecule has 5 nitrogen and oxygen atoms in total. The number of ketones is 1. The number of fused-ring (bicyclic) bond motifs is 4. The Hall–Kier alpha value is -2.68. The van der Waals surface area contributed by atoms with E-state index in [2.05, 4.69) is 4.98 Å². The summed E-state index contributed by atoms with van der Waals surface area (Å²) >= 11 is 12.1. The Bertz CT molecular complexity index is 1140. The number of hydrogen-bond acceptors (Lipinski definition) is 4. The summed E-state index contributed by atoms with van der Waals surface area (Å²) in [5.74, 6) is -0.418. The Kier molecular flexibility index (Phi) is 2.82. The molecule has 0 fully saturated rings. The molecular weight excluding hydrogens is 337 g/mol. The van der Waals surface area contributed by atoms with E-state index < -0.39 is 11.3 Å². The number of nitrogens with zero attached hydrogens (tertiary/aromatic N) is 3. The molecule has 1 aromatic heterocycles. The molecule has 0 saturated carbocycles. The average molecular weight is 342 g/mol. The Balaban J connectivity index is 2.16. The van der Waals surface area contributed by atoms with Crippen molar-refractivity contribution in [3.63, 3.8) is 0 Å². The molecule has 1 aliphatic heterocycles. The summed E-state index contributed by atoms with van der Waals surface area (Å²) in [6, 6.07) is 9.46.